The van der Waals surface area contributed by atoms with Gasteiger partial charge in [-0.1, -0.05) is 13.8 Å². The number of carbonyl (C=O) groups excluding carboxylic acids is 1. The van der Waals surface area contributed by atoms with Crippen LogP contribution in [-0.2, 0) is 0 Å². The highest BCUT2D eigenvalue weighted by molar-refractivity contribution is 7.99. The number of nitrogens with zero attached hydrogens (tertiary/aromatic N) is 1. The van der Waals surface area contributed by atoms with E-state index in [4.69, 9.17) is 0 Å². The first-order chi connectivity index (χ1) is 10.5. The summed E-state index contributed by atoms with van der Waals surface area (Å²) in [6.45, 7) is 6.01. The molecule has 0 saturated carbocycles. The minimum absolute atomic E-state index is 0.00879. The van der Waals surface area contributed by atoms with E-state index < -0.39 is 0 Å². The van der Waals surface area contributed by atoms with E-state index in [2.05, 4.69) is 19.2 Å². The van der Waals surface area contributed by atoms with E-state index in [9.17, 15) is 9.18 Å². The van der Waals surface area contributed by atoms with E-state index in [1.807, 2.05) is 11.0 Å². The Morgan fingerprint density at radius 1 is 1.32 bits per heavy atom. The zero-order valence-corrected chi connectivity index (χ0v) is 14.0. The van der Waals surface area contributed by atoms with Crippen LogP contribution in [-0.4, -0.2) is 29.8 Å². The standard InChI is InChI=1S/C17H23FN2OS/c1-11-7-12(2)10-20(9-11)17(21)19-15-5-6-22-16-4-3-13(18)8-14(15)16/h3-4,8,11-12,15H,5-7,9-10H2,1-2H3,(H,19,21). The lowest BCUT2D eigenvalue weighted by Crippen LogP contribution is -2.48. The van der Waals surface area contributed by atoms with Gasteiger partial charge in [-0.15, -0.1) is 11.8 Å². The molecular formula is C17H23FN2OS. The number of thioether (sulfide) groups is 1. The Kier molecular flexibility index (Phi) is 4.62. The van der Waals surface area contributed by atoms with E-state index in [0.717, 1.165) is 35.7 Å². The summed E-state index contributed by atoms with van der Waals surface area (Å²) in [4.78, 5) is 15.6. The fraction of sp³-hybridized carbons (Fsp3) is 0.588. The predicted octanol–water partition coefficient (Wildman–Crippen LogP) is 4.05. The van der Waals surface area contributed by atoms with Crippen molar-refractivity contribution in [3.05, 3.63) is 29.6 Å². The fourth-order valence-corrected chi connectivity index (χ4v) is 4.69. The number of amides is 2. The second kappa shape index (κ2) is 6.49. The number of benzene rings is 1. The molecule has 0 bridgehead atoms. The zero-order valence-electron chi connectivity index (χ0n) is 13.1. The highest BCUT2D eigenvalue weighted by atomic mass is 32.2. The summed E-state index contributed by atoms with van der Waals surface area (Å²) in [5.74, 6) is 1.80. The molecule has 1 aromatic rings. The van der Waals surface area contributed by atoms with Crippen LogP contribution in [0.2, 0.25) is 0 Å². The lowest BCUT2D eigenvalue weighted by Gasteiger charge is -2.36. The Balaban J connectivity index is 1.71. The van der Waals surface area contributed by atoms with Gasteiger partial charge in [0.25, 0.3) is 0 Å². The molecule has 0 radical (unpaired) electrons. The van der Waals surface area contributed by atoms with Gasteiger partial charge in [-0.3, -0.25) is 0 Å². The quantitative estimate of drug-likeness (QED) is 0.846. The van der Waals surface area contributed by atoms with E-state index in [-0.39, 0.29) is 17.9 Å². The molecule has 0 aliphatic carbocycles. The Morgan fingerprint density at radius 2 is 2.05 bits per heavy atom. The maximum atomic E-state index is 13.5. The third kappa shape index (κ3) is 3.40. The molecule has 0 aromatic heterocycles. The zero-order chi connectivity index (χ0) is 15.7. The fourth-order valence-electron chi connectivity index (χ4n) is 3.58. The van der Waals surface area contributed by atoms with Crippen LogP contribution in [0.5, 0.6) is 0 Å². The smallest absolute Gasteiger partial charge is 0.317 e. The van der Waals surface area contributed by atoms with Crippen molar-refractivity contribution >= 4 is 17.8 Å². The van der Waals surface area contributed by atoms with Crippen molar-refractivity contribution in [1.29, 1.82) is 0 Å². The van der Waals surface area contributed by atoms with Gasteiger partial charge in [0, 0.05) is 23.7 Å². The first-order valence-corrected chi connectivity index (χ1v) is 8.99. The van der Waals surface area contributed by atoms with Crippen LogP contribution in [0.4, 0.5) is 9.18 Å². The van der Waals surface area contributed by atoms with Crippen LogP contribution in [0.1, 0.15) is 38.3 Å². The number of nitrogens with one attached hydrogen (secondary N) is 1. The number of carbonyl (C=O) groups is 1. The molecule has 1 aromatic carbocycles. The second-order valence-electron chi connectivity index (χ2n) is 6.67. The summed E-state index contributed by atoms with van der Waals surface area (Å²) < 4.78 is 13.5. The van der Waals surface area contributed by atoms with Crippen LogP contribution >= 0.6 is 11.8 Å². The van der Waals surface area contributed by atoms with E-state index in [0.29, 0.717) is 11.8 Å². The number of likely N-dealkylation sites (tertiary alicyclic amines) is 1. The molecule has 1 N–H and O–H groups in total. The van der Waals surface area contributed by atoms with Crippen LogP contribution in [0, 0.1) is 17.7 Å². The van der Waals surface area contributed by atoms with Crippen LogP contribution in [0.25, 0.3) is 0 Å². The average Bonchev–Trinajstić information content (AvgIpc) is 2.47. The van der Waals surface area contributed by atoms with Gasteiger partial charge in [0.05, 0.1) is 6.04 Å². The highest BCUT2D eigenvalue weighted by Gasteiger charge is 2.28. The molecule has 3 rings (SSSR count). The van der Waals surface area contributed by atoms with Crippen molar-refractivity contribution in [2.45, 2.75) is 37.6 Å². The van der Waals surface area contributed by atoms with E-state index in [1.165, 1.54) is 12.5 Å². The van der Waals surface area contributed by atoms with Crippen molar-refractivity contribution < 1.29 is 9.18 Å². The van der Waals surface area contributed by atoms with Gasteiger partial charge >= 0.3 is 6.03 Å². The normalized spacial score (nSPS) is 28.1. The molecule has 2 amide bonds. The Morgan fingerprint density at radius 3 is 2.77 bits per heavy atom. The summed E-state index contributed by atoms with van der Waals surface area (Å²) >= 11 is 1.73. The topological polar surface area (TPSA) is 32.3 Å². The molecule has 2 aliphatic heterocycles. The average molecular weight is 322 g/mol. The second-order valence-corrected chi connectivity index (χ2v) is 7.81. The number of hydrogen-bond acceptors (Lipinski definition) is 2. The summed E-state index contributed by atoms with van der Waals surface area (Å²) in [6, 6.07) is 4.79. The molecule has 120 valence electrons. The maximum absolute atomic E-state index is 13.5. The minimum Gasteiger partial charge on any atom is -0.331 e. The van der Waals surface area contributed by atoms with Crippen molar-refractivity contribution in [3.63, 3.8) is 0 Å². The summed E-state index contributed by atoms with van der Waals surface area (Å²) in [7, 11) is 0. The van der Waals surface area contributed by atoms with Crippen molar-refractivity contribution in [2.75, 3.05) is 18.8 Å². The van der Waals surface area contributed by atoms with Crippen LogP contribution in [0.15, 0.2) is 23.1 Å². The molecule has 3 atom stereocenters. The van der Waals surface area contributed by atoms with Gasteiger partial charge in [-0.05, 0) is 48.4 Å². The molecule has 1 fully saturated rings. The van der Waals surface area contributed by atoms with Crippen LogP contribution < -0.4 is 5.32 Å². The molecular weight excluding hydrogens is 299 g/mol. The lowest BCUT2D eigenvalue weighted by atomic mass is 9.92. The predicted molar refractivity (Wildman–Crippen MR) is 87.5 cm³/mol. The molecule has 2 heterocycles. The highest BCUT2D eigenvalue weighted by Crippen LogP contribution is 2.36. The molecule has 22 heavy (non-hydrogen) atoms. The Labute approximate surface area is 135 Å². The Bertz CT molecular complexity index is 556. The number of halogens is 1. The third-order valence-electron chi connectivity index (χ3n) is 4.47. The largest absolute Gasteiger partial charge is 0.331 e. The van der Waals surface area contributed by atoms with Gasteiger partial charge in [0.2, 0.25) is 0 Å². The van der Waals surface area contributed by atoms with Gasteiger partial charge < -0.3 is 10.2 Å². The minimum atomic E-state index is -0.235. The van der Waals surface area contributed by atoms with Crippen molar-refractivity contribution in [2.24, 2.45) is 11.8 Å². The molecule has 1 saturated heterocycles. The SMILES string of the molecule is CC1CC(C)CN(C(=O)NC2CCSc3ccc(F)cc32)C1. The monoisotopic (exact) mass is 322 g/mol. The molecule has 3 nitrogen and oxygen atoms in total. The Hall–Kier alpha value is -1.23. The third-order valence-corrected chi connectivity index (χ3v) is 5.59. The van der Waals surface area contributed by atoms with E-state index in [1.54, 1.807) is 17.8 Å². The maximum Gasteiger partial charge on any atom is 0.317 e. The van der Waals surface area contributed by atoms with Crippen LogP contribution in [0.3, 0.4) is 0 Å². The van der Waals surface area contributed by atoms with Crippen molar-refractivity contribution in [3.8, 4) is 0 Å². The first-order valence-electron chi connectivity index (χ1n) is 8.00. The molecule has 2 aliphatic rings. The summed E-state index contributed by atoms with van der Waals surface area (Å²) in [5.41, 5.74) is 0.919. The molecule has 0 spiro atoms. The van der Waals surface area contributed by atoms with Gasteiger partial charge in [-0.2, -0.15) is 0 Å². The lowest BCUT2D eigenvalue weighted by molar-refractivity contribution is 0.143. The number of piperidine rings is 1. The summed E-state index contributed by atoms with van der Waals surface area (Å²) in [5, 5.41) is 3.12. The number of rotatable bonds is 1. The van der Waals surface area contributed by atoms with Crippen molar-refractivity contribution in [1.82, 2.24) is 10.2 Å². The number of urea groups is 1. The molecule has 3 unspecified atom stereocenters. The number of hydrogen-bond donors (Lipinski definition) is 1. The van der Waals surface area contributed by atoms with Gasteiger partial charge in [0.15, 0.2) is 0 Å². The first kappa shape index (κ1) is 15.7. The van der Waals surface area contributed by atoms with Gasteiger partial charge in [0.1, 0.15) is 5.82 Å². The molecule has 5 heteroatoms. The van der Waals surface area contributed by atoms with Gasteiger partial charge in [-0.25, -0.2) is 9.18 Å². The van der Waals surface area contributed by atoms with E-state index >= 15 is 0 Å². The summed E-state index contributed by atoms with van der Waals surface area (Å²) in [6.07, 6.45) is 2.03. The number of fused-ring (bicyclic) bond motifs is 1.